The summed E-state index contributed by atoms with van der Waals surface area (Å²) in [6.07, 6.45) is 0.433. The molecule has 0 atom stereocenters. The Morgan fingerprint density at radius 2 is 2.06 bits per heavy atom. The molecule has 0 fully saturated rings. The number of ketones is 1. The second kappa shape index (κ2) is 7.04. The smallest absolute Gasteiger partial charge is 0.166 e. The van der Waals surface area contributed by atoms with E-state index in [-0.39, 0.29) is 12.4 Å². The van der Waals surface area contributed by atoms with Crippen molar-refractivity contribution in [1.29, 1.82) is 0 Å². The summed E-state index contributed by atoms with van der Waals surface area (Å²) in [6.45, 7) is 4.23. The summed E-state index contributed by atoms with van der Waals surface area (Å²) in [5.74, 6) is 0.0551. The van der Waals surface area contributed by atoms with Crippen molar-refractivity contribution in [2.24, 2.45) is 0 Å². The van der Waals surface area contributed by atoms with Crippen molar-refractivity contribution in [2.45, 2.75) is 13.3 Å². The summed E-state index contributed by atoms with van der Waals surface area (Å²) < 4.78 is 0. The van der Waals surface area contributed by atoms with E-state index in [0.717, 1.165) is 6.54 Å². The third-order valence-corrected chi connectivity index (χ3v) is 2.78. The van der Waals surface area contributed by atoms with E-state index in [1.165, 1.54) is 0 Å². The van der Waals surface area contributed by atoms with Gasteiger partial charge in [-0.1, -0.05) is 19.1 Å². The number of hydrogen-bond acceptors (Lipinski definition) is 4. The van der Waals surface area contributed by atoms with Crippen LogP contribution in [0.2, 0.25) is 0 Å². The van der Waals surface area contributed by atoms with Gasteiger partial charge in [-0.05, 0) is 18.7 Å². The minimum atomic E-state index is 0.0551. The Morgan fingerprint density at radius 1 is 1.35 bits per heavy atom. The van der Waals surface area contributed by atoms with Crippen molar-refractivity contribution < 1.29 is 9.90 Å². The molecule has 0 aromatic heterocycles. The normalized spacial score (nSPS) is 10.8. The van der Waals surface area contributed by atoms with Crippen LogP contribution in [-0.4, -0.2) is 42.0 Å². The maximum Gasteiger partial charge on any atom is 0.166 e. The van der Waals surface area contributed by atoms with E-state index in [2.05, 4.69) is 0 Å². The molecule has 0 spiro atoms. The van der Waals surface area contributed by atoms with E-state index in [1.54, 1.807) is 12.1 Å². The number of nitrogen functional groups attached to an aromatic ring is 1. The Hall–Kier alpha value is -1.39. The summed E-state index contributed by atoms with van der Waals surface area (Å²) in [4.78, 5) is 14.0. The highest BCUT2D eigenvalue weighted by molar-refractivity contribution is 6.00. The molecule has 4 nitrogen and oxygen atoms in total. The van der Waals surface area contributed by atoms with E-state index >= 15 is 0 Å². The second-order valence-corrected chi connectivity index (χ2v) is 3.92. The van der Waals surface area contributed by atoms with Crippen molar-refractivity contribution in [2.75, 3.05) is 32.0 Å². The van der Waals surface area contributed by atoms with Gasteiger partial charge in [0.15, 0.2) is 5.78 Å². The summed E-state index contributed by atoms with van der Waals surface area (Å²) in [6, 6.07) is 7.11. The first-order valence-corrected chi connectivity index (χ1v) is 5.90. The predicted octanol–water partition coefficient (Wildman–Crippen LogP) is 1.16. The van der Waals surface area contributed by atoms with Crippen LogP contribution in [0.4, 0.5) is 5.69 Å². The lowest BCUT2D eigenvalue weighted by molar-refractivity contribution is 0.0960. The molecule has 1 rings (SSSR count). The van der Waals surface area contributed by atoms with Crippen LogP contribution in [0.15, 0.2) is 24.3 Å². The van der Waals surface area contributed by atoms with Crippen LogP contribution in [0, 0.1) is 0 Å². The first-order chi connectivity index (χ1) is 8.19. The molecule has 1 aromatic rings. The molecule has 94 valence electrons. The average molecular weight is 236 g/mol. The van der Waals surface area contributed by atoms with Gasteiger partial charge in [-0.2, -0.15) is 0 Å². The first kappa shape index (κ1) is 13.7. The average Bonchev–Trinajstić information content (AvgIpc) is 2.34. The largest absolute Gasteiger partial charge is 0.398 e. The molecule has 0 bridgehead atoms. The molecule has 0 saturated heterocycles. The highest BCUT2D eigenvalue weighted by Gasteiger charge is 2.10. The summed E-state index contributed by atoms with van der Waals surface area (Å²) in [5, 5.41) is 8.85. The van der Waals surface area contributed by atoms with E-state index in [1.807, 2.05) is 24.0 Å². The number of rotatable bonds is 7. The highest BCUT2D eigenvalue weighted by atomic mass is 16.3. The molecule has 0 aliphatic rings. The van der Waals surface area contributed by atoms with Crippen molar-refractivity contribution in [3.8, 4) is 0 Å². The van der Waals surface area contributed by atoms with E-state index in [9.17, 15) is 4.79 Å². The SMILES string of the molecule is CCN(CCO)CCC(=O)c1ccccc1N. The van der Waals surface area contributed by atoms with Gasteiger partial charge in [-0.25, -0.2) is 0 Å². The molecular weight excluding hydrogens is 216 g/mol. The fourth-order valence-corrected chi connectivity index (χ4v) is 1.71. The maximum atomic E-state index is 11.9. The van der Waals surface area contributed by atoms with Crippen molar-refractivity contribution in [3.05, 3.63) is 29.8 Å². The highest BCUT2D eigenvalue weighted by Crippen LogP contribution is 2.13. The lowest BCUT2D eigenvalue weighted by Gasteiger charge is -2.18. The van der Waals surface area contributed by atoms with E-state index in [0.29, 0.717) is 30.8 Å². The molecule has 0 saturated carbocycles. The van der Waals surface area contributed by atoms with Gasteiger partial charge >= 0.3 is 0 Å². The standard InChI is InChI=1S/C13H20N2O2/c1-2-15(9-10-16)8-7-13(17)11-5-3-4-6-12(11)14/h3-6,16H,2,7-10,14H2,1H3. The number of nitrogens with zero attached hydrogens (tertiary/aromatic N) is 1. The van der Waals surface area contributed by atoms with Gasteiger partial charge in [0.1, 0.15) is 0 Å². The Kier molecular flexibility index (Phi) is 5.66. The van der Waals surface area contributed by atoms with Crippen LogP contribution in [0.1, 0.15) is 23.7 Å². The van der Waals surface area contributed by atoms with Crippen LogP contribution in [0.25, 0.3) is 0 Å². The predicted molar refractivity (Wildman–Crippen MR) is 69.0 cm³/mol. The summed E-state index contributed by atoms with van der Waals surface area (Å²) in [7, 11) is 0. The fraction of sp³-hybridized carbons (Fsp3) is 0.462. The number of benzene rings is 1. The number of Topliss-reactive ketones (excluding diaryl/α,β-unsaturated/α-hetero) is 1. The van der Waals surface area contributed by atoms with E-state index < -0.39 is 0 Å². The number of carbonyl (C=O) groups excluding carboxylic acids is 1. The molecule has 0 amide bonds. The van der Waals surface area contributed by atoms with Crippen LogP contribution in [0.3, 0.4) is 0 Å². The van der Waals surface area contributed by atoms with Crippen LogP contribution in [0.5, 0.6) is 0 Å². The van der Waals surface area contributed by atoms with Gasteiger partial charge in [0.2, 0.25) is 0 Å². The van der Waals surface area contributed by atoms with Gasteiger partial charge < -0.3 is 15.7 Å². The molecule has 4 heteroatoms. The minimum absolute atomic E-state index is 0.0551. The molecule has 0 aliphatic heterocycles. The zero-order valence-electron chi connectivity index (χ0n) is 10.2. The minimum Gasteiger partial charge on any atom is -0.398 e. The molecule has 0 unspecified atom stereocenters. The fourth-order valence-electron chi connectivity index (χ4n) is 1.71. The van der Waals surface area contributed by atoms with Gasteiger partial charge in [-0.3, -0.25) is 4.79 Å². The van der Waals surface area contributed by atoms with Crippen molar-refractivity contribution in [3.63, 3.8) is 0 Å². The Bertz CT molecular complexity index is 366. The number of aliphatic hydroxyl groups is 1. The third-order valence-electron chi connectivity index (χ3n) is 2.78. The number of anilines is 1. The van der Waals surface area contributed by atoms with Crippen LogP contribution >= 0.6 is 0 Å². The summed E-state index contributed by atoms with van der Waals surface area (Å²) in [5.41, 5.74) is 6.87. The van der Waals surface area contributed by atoms with Gasteiger partial charge in [0.25, 0.3) is 0 Å². The quantitative estimate of drug-likeness (QED) is 0.550. The number of likely N-dealkylation sites (N-methyl/N-ethyl adjacent to an activating group) is 1. The van der Waals surface area contributed by atoms with Crippen LogP contribution in [-0.2, 0) is 0 Å². The van der Waals surface area contributed by atoms with Gasteiger partial charge in [0, 0.05) is 30.8 Å². The maximum absolute atomic E-state index is 11.9. The van der Waals surface area contributed by atoms with Gasteiger partial charge in [0.05, 0.1) is 6.61 Å². The van der Waals surface area contributed by atoms with Crippen molar-refractivity contribution >= 4 is 11.5 Å². The number of hydrogen-bond donors (Lipinski definition) is 2. The zero-order chi connectivity index (χ0) is 12.7. The third kappa shape index (κ3) is 4.17. The van der Waals surface area contributed by atoms with Crippen LogP contribution < -0.4 is 5.73 Å². The molecular formula is C13H20N2O2. The molecule has 3 N–H and O–H groups in total. The monoisotopic (exact) mass is 236 g/mol. The Balaban J connectivity index is 2.52. The zero-order valence-corrected chi connectivity index (χ0v) is 10.2. The molecule has 0 radical (unpaired) electrons. The Labute approximate surface area is 102 Å². The topological polar surface area (TPSA) is 66.6 Å². The van der Waals surface area contributed by atoms with Crippen molar-refractivity contribution in [1.82, 2.24) is 4.90 Å². The number of aliphatic hydroxyl groups excluding tert-OH is 1. The number of nitrogens with two attached hydrogens (primary N) is 1. The summed E-state index contributed by atoms with van der Waals surface area (Å²) >= 11 is 0. The second-order valence-electron chi connectivity index (χ2n) is 3.92. The van der Waals surface area contributed by atoms with E-state index in [4.69, 9.17) is 10.8 Å². The molecule has 0 heterocycles. The first-order valence-electron chi connectivity index (χ1n) is 5.90. The van der Waals surface area contributed by atoms with Gasteiger partial charge in [-0.15, -0.1) is 0 Å². The molecule has 1 aromatic carbocycles. The lowest BCUT2D eigenvalue weighted by Crippen LogP contribution is -2.29. The molecule has 0 aliphatic carbocycles. The molecule has 17 heavy (non-hydrogen) atoms. The number of carbonyl (C=O) groups is 1. The Morgan fingerprint density at radius 3 is 2.65 bits per heavy atom. The number of para-hydroxylation sites is 1. The lowest BCUT2D eigenvalue weighted by atomic mass is 10.1.